The maximum atomic E-state index is 12.2. The summed E-state index contributed by atoms with van der Waals surface area (Å²) in [5, 5.41) is 2.62. The predicted octanol–water partition coefficient (Wildman–Crippen LogP) is 1.33. The molecule has 0 bridgehead atoms. The van der Waals surface area contributed by atoms with Gasteiger partial charge < -0.3 is 14.8 Å². The van der Waals surface area contributed by atoms with Gasteiger partial charge in [-0.2, -0.15) is 0 Å². The Morgan fingerprint density at radius 2 is 1.88 bits per heavy atom. The van der Waals surface area contributed by atoms with Crippen LogP contribution >= 0.6 is 0 Å². The second-order valence-corrected chi connectivity index (χ2v) is 5.21. The summed E-state index contributed by atoms with van der Waals surface area (Å²) in [5.74, 6) is -0.655. The first-order valence-corrected chi connectivity index (χ1v) is 7.38. The molecule has 0 saturated carbocycles. The number of hydrogen-bond donors (Lipinski definition) is 1. The molecule has 0 saturated heterocycles. The zero-order chi connectivity index (χ0) is 18.0. The topological polar surface area (TPSA) is 97.8 Å². The Kier molecular flexibility index (Phi) is 4.34. The standard InChI is InChI=1S/C17H15N3O5/c1-24-12-6-5-10(8-13(12)25-2)19-14(21)9-20-16(22)11-4-3-7-18-15(11)17(20)23/h3-8H,9H2,1-2H3,(H,19,21). The molecule has 8 heteroatoms. The van der Waals surface area contributed by atoms with Crippen LogP contribution in [0.3, 0.4) is 0 Å². The summed E-state index contributed by atoms with van der Waals surface area (Å²) in [6.45, 7) is -0.400. The normalized spacial score (nSPS) is 12.8. The minimum absolute atomic E-state index is 0.0615. The minimum atomic E-state index is -0.580. The van der Waals surface area contributed by atoms with Crippen molar-refractivity contribution in [3.8, 4) is 11.5 Å². The number of imide groups is 1. The first-order chi connectivity index (χ1) is 12.0. The molecule has 3 amide bonds. The molecule has 2 aromatic rings. The highest BCUT2D eigenvalue weighted by Gasteiger charge is 2.37. The number of pyridine rings is 1. The van der Waals surface area contributed by atoms with Crippen molar-refractivity contribution in [1.29, 1.82) is 0 Å². The number of aromatic nitrogens is 1. The lowest BCUT2D eigenvalue weighted by Crippen LogP contribution is -2.37. The fraction of sp³-hybridized carbons (Fsp3) is 0.176. The average Bonchev–Trinajstić information content (AvgIpc) is 2.87. The number of rotatable bonds is 5. The average molecular weight is 341 g/mol. The van der Waals surface area contributed by atoms with Crippen LogP contribution in [-0.2, 0) is 4.79 Å². The van der Waals surface area contributed by atoms with Crippen LogP contribution in [0.25, 0.3) is 0 Å². The summed E-state index contributed by atoms with van der Waals surface area (Å²) in [5.41, 5.74) is 0.718. The smallest absolute Gasteiger partial charge is 0.280 e. The van der Waals surface area contributed by atoms with Crippen molar-refractivity contribution in [3.63, 3.8) is 0 Å². The summed E-state index contributed by atoms with van der Waals surface area (Å²) in [6.07, 6.45) is 1.43. The maximum Gasteiger partial charge on any atom is 0.280 e. The van der Waals surface area contributed by atoms with Gasteiger partial charge in [-0.3, -0.25) is 24.3 Å². The third kappa shape index (κ3) is 3.01. The number of hydrogen-bond acceptors (Lipinski definition) is 6. The molecule has 0 aliphatic carbocycles. The van der Waals surface area contributed by atoms with Gasteiger partial charge in [0.2, 0.25) is 5.91 Å². The van der Waals surface area contributed by atoms with Gasteiger partial charge in [-0.05, 0) is 24.3 Å². The molecule has 1 aromatic carbocycles. The molecule has 1 N–H and O–H groups in total. The number of fused-ring (bicyclic) bond motifs is 1. The first-order valence-electron chi connectivity index (χ1n) is 7.38. The van der Waals surface area contributed by atoms with Gasteiger partial charge in [-0.25, -0.2) is 0 Å². The molecule has 1 aliphatic rings. The second kappa shape index (κ2) is 6.60. The van der Waals surface area contributed by atoms with E-state index < -0.39 is 24.3 Å². The van der Waals surface area contributed by atoms with Gasteiger partial charge in [-0.1, -0.05) is 0 Å². The van der Waals surface area contributed by atoms with Crippen molar-refractivity contribution >= 4 is 23.4 Å². The van der Waals surface area contributed by atoms with E-state index in [0.717, 1.165) is 4.90 Å². The van der Waals surface area contributed by atoms with Crippen molar-refractivity contribution < 1.29 is 23.9 Å². The molecule has 0 atom stereocenters. The van der Waals surface area contributed by atoms with Crippen LogP contribution in [0.4, 0.5) is 5.69 Å². The van der Waals surface area contributed by atoms with Gasteiger partial charge in [-0.15, -0.1) is 0 Å². The number of anilines is 1. The van der Waals surface area contributed by atoms with Crippen LogP contribution in [0, 0.1) is 0 Å². The Morgan fingerprint density at radius 1 is 1.12 bits per heavy atom. The van der Waals surface area contributed by atoms with E-state index in [2.05, 4.69) is 10.3 Å². The number of nitrogens with one attached hydrogen (secondary N) is 1. The van der Waals surface area contributed by atoms with Gasteiger partial charge in [0.05, 0.1) is 19.8 Å². The highest BCUT2D eigenvalue weighted by atomic mass is 16.5. The van der Waals surface area contributed by atoms with Crippen molar-refractivity contribution in [3.05, 3.63) is 47.8 Å². The third-order valence-electron chi connectivity index (χ3n) is 3.70. The Labute approximate surface area is 143 Å². The summed E-state index contributed by atoms with van der Waals surface area (Å²) in [6, 6.07) is 7.93. The van der Waals surface area contributed by atoms with Gasteiger partial charge >= 0.3 is 0 Å². The molecule has 0 unspecified atom stereocenters. The van der Waals surface area contributed by atoms with E-state index in [4.69, 9.17) is 9.47 Å². The molecule has 128 valence electrons. The van der Waals surface area contributed by atoms with Gasteiger partial charge in [0.25, 0.3) is 11.8 Å². The Morgan fingerprint density at radius 3 is 2.56 bits per heavy atom. The van der Waals surface area contributed by atoms with E-state index in [1.807, 2.05) is 0 Å². The third-order valence-corrected chi connectivity index (χ3v) is 3.70. The molecule has 2 heterocycles. The quantitative estimate of drug-likeness (QED) is 0.824. The van der Waals surface area contributed by atoms with Crippen LogP contribution in [0.5, 0.6) is 11.5 Å². The summed E-state index contributed by atoms with van der Waals surface area (Å²) < 4.78 is 10.3. The number of carbonyl (C=O) groups excluding carboxylic acids is 3. The van der Waals surface area contributed by atoms with Crippen LogP contribution < -0.4 is 14.8 Å². The van der Waals surface area contributed by atoms with E-state index in [-0.39, 0.29) is 11.3 Å². The van der Waals surface area contributed by atoms with Crippen molar-refractivity contribution in [2.75, 3.05) is 26.1 Å². The summed E-state index contributed by atoms with van der Waals surface area (Å²) in [4.78, 5) is 41.4. The highest BCUT2D eigenvalue weighted by Crippen LogP contribution is 2.29. The number of nitrogens with zero attached hydrogens (tertiary/aromatic N) is 2. The van der Waals surface area contributed by atoms with Crippen molar-refractivity contribution in [2.24, 2.45) is 0 Å². The van der Waals surface area contributed by atoms with Crippen LogP contribution in [0.1, 0.15) is 20.8 Å². The number of benzene rings is 1. The molecule has 3 rings (SSSR count). The van der Waals surface area contributed by atoms with E-state index >= 15 is 0 Å². The van der Waals surface area contributed by atoms with E-state index in [1.165, 1.54) is 26.5 Å². The monoisotopic (exact) mass is 341 g/mol. The van der Waals surface area contributed by atoms with Crippen molar-refractivity contribution in [2.45, 2.75) is 0 Å². The Hall–Kier alpha value is -3.42. The van der Waals surface area contributed by atoms with Crippen LogP contribution in [0.15, 0.2) is 36.5 Å². The molecule has 8 nitrogen and oxygen atoms in total. The largest absolute Gasteiger partial charge is 0.493 e. The van der Waals surface area contributed by atoms with Gasteiger partial charge in [0.1, 0.15) is 12.2 Å². The first kappa shape index (κ1) is 16.4. The SMILES string of the molecule is COc1ccc(NC(=O)CN2C(=O)c3cccnc3C2=O)cc1OC. The fourth-order valence-corrected chi connectivity index (χ4v) is 2.52. The summed E-state index contributed by atoms with van der Waals surface area (Å²) in [7, 11) is 2.99. The van der Waals surface area contributed by atoms with Crippen LogP contribution in [-0.4, -0.2) is 48.4 Å². The summed E-state index contributed by atoms with van der Waals surface area (Å²) >= 11 is 0. The molecule has 0 spiro atoms. The number of ether oxygens (including phenoxy) is 2. The van der Waals surface area contributed by atoms with Gasteiger partial charge in [0.15, 0.2) is 11.5 Å². The molecular weight excluding hydrogens is 326 g/mol. The Balaban J connectivity index is 1.72. The zero-order valence-corrected chi connectivity index (χ0v) is 13.6. The molecule has 25 heavy (non-hydrogen) atoms. The van der Waals surface area contributed by atoms with Gasteiger partial charge in [0, 0.05) is 18.0 Å². The number of amides is 3. The lowest BCUT2D eigenvalue weighted by molar-refractivity contribution is -0.116. The molecule has 1 aromatic heterocycles. The Bertz CT molecular complexity index is 830. The van der Waals surface area contributed by atoms with E-state index in [0.29, 0.717) is 17.2 Å². The zero-order valence-electron chi connectivity index (χ0n) is 13.6. The minimum Gasteiger partial charge on any atom is -0.493 e. The molecule has 0 fully saturated rings. The molecule has 0 radical (unpaired) electrons. The number of methoxy groups -OCH3 is 2. The fourth-order valence-electron chi connectivity index (χ4n) is 2.52. The predicted molar refractivity (Wildman–Crippen MR) is 87.8 cm³/mol. The van der Waals surface area contributed by atoms with E-state index in [1.54, 1.807) is 24.3 Å². The molecule has 1 aliphatic heterocycles. The lowest BCUT2D eigenvalue weighted by Gasteiger charge is -2.14. The van der Waals surface area contributed by atoms with Crippen molar-refractivity contribution in [1.82, 2.24) is 9.88 Å². The van der Waals surface area contributed by atoms with E-state index in [9.17, 15) is 14.4 Å². The lowest BCUT2D eigenvalue weighted by atomic mass is 10.2. The molecular formula is C17H15N3O5. The number of carbonyl (C=O) groups is 3. The maximum absolute atomic E-state index is 12.2. The second-order valence-electron chi connectivity index (χ2n) is 5.21. The van der Waals surface area contributed by atoms with Crippen LogP contribution in [0.2, 0.25) is 0 Å². The highest BCUT2D eigenvalue weighted by molar-refractivity contribution is 6.21.